The molecule has 2 rings (SSSR count). The monoisotopic (exact) mass is 241 g/mol. The van der Waals surface area contributed by atoms with Gasteiger partial charge < -0.3 is 14.7 Å². The van der Waals surface area contributed by atoms with E-state index in [9.17, 15) is 5.11 Å². The Kier molecular flexibility index (Phi) is 4.45. The van der Waals surface area contributed by atoms with Crippen molar-refractivity contribution in [3.05, 3.63) is 0 Å². The van der Waals surface area contributed by atoms with E-state index in [1.54, 1.807) is 0 Å². The van der Waals surface area contributed by atoms with Gasteiger partial charge in [-0.3, -0.25) is 0 Å². The lowest BCUT2D eigenvalue weighted by atomic mass is 9.83. The molecule has 1 aliphatic carbocycles. The van der Waals surface area contributed by atoms with Crippen molar-refractivity contribution in [2.24, 2.45) is 11.3 Å². The lowest BCUT2D eigenvalue weighted by molar-refractivity contribution is 0.0412. The van der Waals surface area contributed by atoms with Gasteiger partial charge in [0.15, 0.2) is 0 Å². The van der Waals surface area contributed by atoms with Crippen molar-refractivity contribution in [2.75, 3.05) is 33.4 Å². The maximum Gasteiger partial charge on any atom is 0.0557 e. The molecule has 1 saturated carbocycles. The maximum atomic E-state index is 9.61. The normalized spacial score (nSPS) is 38.8. The molecule has 3 heteroatoms. The Labute approximate surface area is 105 Å². The Morgan fingerprint density at radius 1 is 1.41 bits per heavy atom. The molecular formula is C14H27NO2. The van der Waals surface area contributed by atoms with Gasteiger partial charge in [0.05, 0.1) is 13.2 Å². The van der Waals surface area contributed by atoms with Crippen molar-refractivity contribution in [1.82, 2.24) is 4.90 Å². The smallest absolute Gasteiger partial charge is 0.0557 e. The molecule has 1 aliphatic heterocycles. The zero-order chi connectivity index (χ0) is 12.3. The van der Waals surface area contributed by atoms with Crippen LogP contribution in [0.3, 0.4) is 0 Å². The van der Waals surface area contributed by atoms with E-state index in [1.807, 2.05) is 0 Å². The highest BCUT2D eigenvalue weighted by Gasteiger charge is 2.37. The van der Waals surface area contributed by atoms with E-state index in [1.165, 1.54) is 25.7 Å². The molecule has 1 N–H and O–H groups in total. The van der Waals surface area contributed by atoms with Gasteiger partial charge in [-0.1, -0.05) is 19.8 Å². The second-order valence-corrected chi connectivity index (χ2v) is 6.30. The maximum absolute atomic E-state index is 9.61. The zero-order valence-corrected chi connectivity index (χ0v) is 11.3. The molecular weight excluding hydrogens is 214 g/mol. The van der Waals surface area contributed by atoms with Crippen LogP contribution >= 0.6 is 0 Å². The first-order valence-corrected chi connectivity index (χ1v) is 7.04. The summed E-state index contributed by atoms with van der Waals surface area (Å²) in [6, 6.07) is 0.711. The first-order chi connectivity index (χ1) is 8.15. The molecule has 3 unspecified atom stereocenters. The molecule has 0 amide bonds. The van der Waals surface area contributed by atoms with E-state index >= 15 is 0 Å². The van der Waals surface area contributed by atoms with E-state index in [-0.39, 0.29) is 12.0 Å². The molecule has 3 nitrogen and oxygen atoms in total. The van der Waals surface area contributed by atoms with Gasteiger partial charge in [-0.05, 0) is 32.2 Å². The summed E-state index contributed by atoms with van der Waals surface area (Å²) in [4.78, 5) is 2.47. The number of aliphatic hydroxyl groups is 1. The summed E-state index contributed by atoms with van der Waals surface area (Å²) in [6.07, 6.45) is 6.40. The van der Waals surface area contributed by atoms with E-state index < -0.39 is 0 Å². The molecule has 0 spiro atoms. The minimum Gasteiger partial charge on any atom is -0.396 e. The van der Waals surface area contributed by atoms with Gasteiger partial charge in [-0.2, -0.15) is 0 Å². The number of aliphatic hydroxyl groups excluding tert-OH is 1. The van der Waals surface area contributed by atoms with Crippen molar-refractivity contribution in [1.29, 1.82) is 0 Å². The molecule has 2 fully saturated rings. The van der Waals surface area contributed by atoms with Crippen LogP contribution < -0.4 is 0 Å². The van der Waals surface area contributed by atoms with Gasteiger partial charge in [0, 0.05) is 24.6 Å². The molecule has 2 aliphatic rings. The van der Waals surface area contributed by atoms with Crippen molar-refractivity contribution in [3.63, 3.8) is 0 Å². The Morgan fingerprint density at radius 2 is 2.24 bits per heavy atom. The Bertz CT molecular complexity index is 238. The van der Waals surface area contributed by atoms with Crippen LogP contribution in [0.5, 0.6) is 0 Å². The minimum atomic E-state index is 0.00936. The Hall–Kier alpha value is -0.120. The van der Waals surface area contributed by atoms with Gasteiger partial charge in [-0.15, -0.1) is 0 Å². The van der Waals surface area contributed by atoms with Crippen LogP contribution in [0, 0.1) is 11.3 Å². The SMILES string of the molecule is CC1CCCC(N(C)CC2(CO)CCOC2)C1. The van der Waals surface area contributed by atoms with Crippen LogP contribution in [-0.2, 0) is 4.74 Å². The van der Waals surface area contributed by atoms with Gasteiger partial charge in [0.25, 0.3) is 0 Å². The highest BCUT2D eigenvalue weighted by Crippen LogP contribution is 2.32. The average molecular weight is 241 g/mol. The summed E-state index contributed by atoms with van der Waals surface area (Å²) in [7, 11) is 2.22. The molecule has 0 aromatic heterocycles. The minimum absolute atomic E-state index is 0.00936. The highest BCUT2D eigenvalue weighted by atomic mass is 16.5. The van der Waals surface area contributed by atoms with Crippen LogP contribution in [0.15, 0.2) is 0 Å². The first kappa shape index (κ1) is 13.3. The molecule has 0 radical (unpaired) electrons. The standard InChI is InChI=1S/C14H27NO2/c1-12-4-3-5-13(8-12)15(2)9-14(10-16)6-7-17-11-14/h12-13,16H,3-11H2,1-2H3. The fraction of sp³-hybridized carbons (Fsp3) is 1.00. The molecule has 0 bridgehead atoms. The van der Waals surface area contributed by atoms with Gasteiger partial charge in [-0.25, -0.2) is 0 Å². The van der Waals surface area contributed by atoms with Crippen LogP contribution in [0.2, 0.25) is 0 Å². The van der Waals surface area contributed by atoms with Gasteiger partial charge >= 0.3 is 0 Å². The molecule has 1 heterocycles. The number of hydrogen-bond donors (Lipinski definition) is 1. The number of rotatable bonds is 4. The third-order valence-electron chi connectivity index (χ3n) is 4.64. The summed E-state index contributed by atoms with van der Waals surface area (Å²) in [5.74, 6) is 0.862. The Morgan fingerprint density at radius 3 is 2.82 bits per heavy atom. The van der Waals surface area contributed by atoms with Gasteiger partial charge in [0.2, 0.25) is 0 Å². The molecule has 0 aromatic carbocycles. The third-order valence-corrected chi connectivity index (χ3v) is 4.64. The number of hydrogen-bond acceptors (Lipinski definition) is 3. The van der Waals surface area contributed by atoms with Crippen molar-refractivity contribution < 1.29 is 9.84 Å². The molecule has 3 atom stereocenters. The Balaban J connectivity index is 1.88. The second kappa shape index (κ2) is 5.68. The quantitative estimate of drug-likeness (QED) is 0.816. The molecule has 1 saturated heterocycles. The number of ether oxygens (including phenoxy) is 1. The molecule has 0 aromatic rings. The zero-order valence-electron chi connectivity index (χ0n) is 11.3. The predicted molar refractivity (Wildman–Crippen MR) is 69.0 cm³/mol. The van der Waals surface area contributed by atoms with Crippen molar-refractivity contribution >= 4 is 0 Å². The molecule has 100 valence electrons. The summed E-state index contributed by atoms with van der Waals surface area (Å²) in [5.41, 5.74) is 0.00936. The number of nitrogens with zero attached hydrogens (tertiary/aromatic N) is 1. The fourth-order valence-corrected chi connectivity index (χ4v) is 3.41. The van der Waals surface area contributed by atoms with Crippen LogP contribution in [-0.4, -0.2) is 49.5 Å². The fourth-order valence-electron chi connectivity index (χ4n) is 3.41. The summed E-state index contributed by atoms with van der Waals surface area (Å²) in [5, 5.41) is 9.61. The largest absolute Gasteiger partial charge is 0.396 e. The molecule has 17 heavy (non-hydrogen) atoms. The lowest BCUT2D eigenvalue weighted by Gasteiger charge is -2.38. The highest BCUT2D eigenvalue weighted by molar-refractivity contribution is 4.88. The second-order valence-electron chi connectivity index (χ2n) is 6.30. The van der Waals surface area contributed by atoms with Crippen LogP contribution in [0.25, 0.3) is 0 Å². The summed E-state index contributed by atoms with van der Waals surface area (Å²) < 4.78 is 5.47. The van der Waals surface area contributed by atoms with Crippen molar-refractivity contribution in [2.45, 2.75) is 45.1 Å². The lowest BCUT2D eigenvalue weighted by Crippen LogP contribution is -2.45. The van der Waals surface area contributed by atoms with Crippen molar-refractivity contribution in [3.8, 4) is 0 Å². The first-order valence-electron chi connectivity index (χ1n) is 7.04. The summed E-state index contributed by atoms with van der Waals surface area (Å²) in [6.45, 7) is 5.16. The average Bonchev–Trinajstić information content (AvgIpc) is 2.78. The summed E-state index contributed by atoms with van der Waals surface area (Å²) >= 11 is 0. The van der Waals surface area contributed by atoms with E-state index in [4.69, 9.17) is 4.74 Å². The van der Waals surface area contributed by atoms with Gasteiger partial charge in [0.1, 0.15) is 0 Å². The van der Waals surface area contributed by atoms with E-state index in [0.717, 1.165) is 32.1 Å². The van der Waals surface area contributed by atoms with Crippen LogP contribution in [0.1, 0.15) is 39.0 Å². The van der Waals surface area contributed by atoms with Crippen LogP contribution in [0.4, 0.5) is 0 Å². The third kappa shape index (κ3) is 3.21. The van der Waals surface area contributed by atoms with E-state index in [0.29, 0.717) is 6.04 Å². The van der Waals surface area contributed by atoms with E-state index in [2.05, 4.69) is 18.9 Å². The topological polar surface area (TPSA) is 32.7 Å². The predicted octanol–water partition coefficient (Wildman–Crippen LogP) is 1.90.